The number of hydrogen-bond donors (Lipinski definition) is 0. The standard InChI is InChI=1S/C59H41N/c1-4-16-42(17-5-1)44-30-32-45(33-31-44)46-36-38-52(39-37-46)60(53-25-14-20-48(41-53)49-35-34-43-18-10-11-19-47(43)40-49)57-29-15-28-56-58(57)54-26-12-13-27-55(54)59(56,50-21-6-2-7-22-50)51-23-8-3-9-24-51/h1-41H/i14D,20D,25D,41D. The lowest BCUT2D eigenvalue weighted by atomic mass is 9.68. The molecule has 0 unspecified atom stereocenters. The summed E-state index contributed by atoms with van der Waals surface area (Å²) in [5.41, 5.74) is 13.0. The van der Waals surface area contributed by atoms with Gasteiger partial charge in [-0.1, -0.05) is 212 Å². The zero-order chi connectivity index (χ0) is 43.4. The maximum Gasteiger partial charge on any atom is 0.0714 e. The van der Waals surface area contributed by atoms with Gasteiger partial charge in [0, 0.05) is 16.9 Å². The molecule has 0 heterocycles. The van der Waals surface area contributed by atoms with Crippen LogP contribution in [0.3, 0.4) is 0 Å². The molecule has 0 atom stereocenters. The third-order valence-electron chi connectivity index (χ3n) is 12.0. The van der Waals surface area contributed by atoms with E-state index in [1.807, 2.05) is 65.6 Å². The number of benzene rings is 10. The van der Waals surface area contributed by atoms with Gasteiger partial charge < -0.3 is 4.90 Å². The molecule has 0 aromatic heterocycles. The Balaban J connectivity index is 1.17. The number of nitrogens with zero attached hydrogens (tertiary/aromatic N) is 1. The van der Waals surface area contributed by atoms with Gasteiger partial charge in [-0.2, -0.15) is 0 Å². The van der Waals surface area contributed by atoms with E-state index in [-0.39, 0.29) is 29.9 Å². The van der Waals surface area contributed by atoms with E-state index in [0.717, 1.165) is 77.8 Å². The van der Waals surface area contributed by atoms with Crippen molar-refractivity contribution < 1.29 is 5.48 Å². The zero-order valence-corrected chi connectivity index (χ0v) is 32.8. The molecule has 0 saturated carbocycles. The van der Waals surface area contributed by atoms with Gasteiger partial charge in [-0.3, -0.25) is 0 Å². The Morgan fingerprint density at radius 3 is 1.58 bits per heavy atom. The quantitative estimate of drug-likeness (QED) is 0.149. The van der Waals surface area contributed by atoms with Crippen LogP contribution in [0.15, 0.2) is 249 Å². The maximum absolute atomic E-state index is 10.1. The highest BCUT2D eigenvalue weighted by Gasteiger charge is 2.47. The van der Waals surface area contributed by atoms with Gasteiger partial charge in [-0.25, -0.2) is 0 Å². The molecule has 0 aliphatic heterocycles. The van der Waals surface area contributed by atoms with E-state index in [9.17, 15) is 5.48 Å². The van der Waals surface area contributed by atoms with Crippen molar-refractivity contribution in [3.8, 4) is 44.5 Å². The van der Waals surface area contributed by atoms with Gasteiger partial charge in [-0.05, 0) is 108 Å². The van der Waals surface area contributed by atoms with Crippen molar-refractivity contribution in [1.29, 1.82) is 0 Å². The summed E-state index contributed by atoms with van der Waals surface area (Å²) in [6, 6.07) is 76.9. The number of rotatable bonds is 8. The summed E-state index contributed by atoms with van der Waals surface area (Å²) in [6.45, 7) is 0. The van der Waals surface area contributed by atoms with E-state index in [1.165, 1.54) is 0 Å². The van der Waals surface area contributed by atoms with Crippen molar-refractivity contribution in [2.75, 3.05) is 4.90 Å². The average Bonchev–Trinajstić information content (AvgIpc) is 3.67. The lowest BCUT2D eigenvalue weighted by Gasteiger charge is -2.34. The first-order valence-corrected chi connectivity index (χ1v) is 20.4. The second-order valence-electron chi connectivity index (χ2n) is 15.3. The van der Waals surface area contributed by atoms with E-state index in [2.05, 4.69) is 164 Å². The van der Waals surface area contributed by atoms with E-state index in [1.54, 1.807) is 0 Å². The molecular weight excluding hydrogens is 723 g/mol. The molecule has 10 aromatic carbocycles. The molecule has 0 radical (unpaired) electrons. The van der Waals surface area contributed by atoms with Crippen molar-refractivity contribution in [2.45, 2.75) is 5.41 Å². The van der Waals surface area contributed by atoms with Crippen molar-refractivity contribution in [2.24, 2.45) is 0 Å². The molecule has 60 heavy (non-hydrogen) atoms. The molecule has 1 nitrogen and oxygen atoms in total. The molecule has 0 bridgehead atoms. The predicted octanol–water partition coefficient (Wildman–Crippen LogP) is 15.7. The van der Waals surface area contributed by atoms with E-state index in [0.29, 0.717) is 11.1 Å². The van der Waals surface area contributed by atoms with Crippen molar-refractivity contribution >= 4 is 27.8 Å². The van der Waals surface area contributed by atoms with E-state index < -0.39 is 5.41 Å². The van der Waals surface area contributed by atoms with Gasteiger partial charge in [0.05, 0.1) is 16.6 Å². The smallest absolute Gasteiger partial charge is 0.0714 e. The summed E-state index contributed by atoms with van der Waals surface area (Å²) < 4.78 is 38.4. The van der Waals surface area contributed by atoms with E-state index in [4.69, 9.17) is 0 Å². The summed E-state index contributed by atoms with van der Waals surface area (Å²) in [5, 5.41) is 2.02. The van der Waals surface area contributed by atoms with Crippen LogP contribution in [-0.2, 0) is 5.41 Å². The van der Waals surface area contributed by atoms with Crippen LogP contribution < -0.4 is 4.90 Å². The van der Waals surface area contributed by atoms with Gasteiger partial charge >= 0.3 is 0 Å². The lowest BCUT2D eigenvalue weighted by molar-refractivity contribution is 0.768. The number of fused-ring (bicyclic) bond motifs is 4. The third kappa shape index (κ3) is 5.94. The summed E-state index contributed by atoms with van der Waals surface area (Å²) in [6.07, 6.45) is 0. The van der Waals surface area contributed by atoms with Gasteiger partial charge in [0.1, 0.15) is 0 Å². The van der Waals surface area contributed by atoms with Crippen LogP contribution in [-0.4, -0.2) is 0 Å². The van der Waals surface area contributed by atoms with Gasteiger partial charge in [-0.15, -0.1) is 0 Å². The molecule has 0 N–H and O–H groups in total. The number of hydrogen-bond acceptors (Lipinski definition) is 1. The minimum atomic E-state index is -0.679. The first-order valence-electron chi connectivity index (χ1n) is 22.4. The lowest BCUT2D eigenvalue weighted by Crippen LogP contribution is -2.28. The summed E-state index contributed by atoms with van der Waals surface area (Å²) >= 11 is 0. The molecule has 11 rings (SSSR count). The minimum absolute atomic E-state index is 0.0168. The van der Waals surface area contributed by atoms with Crippen molar-refractivity contribution in [3.05, 3.63) is 271 Å². The first-order chi connectivity index (χ1) is 31.4. The third-order valence-corrected chi connectivity index (χ3v) is 12.0. The molecule has 1 aliphatic rings. The summed E-state index contributed by atoms with van der Waals surface area (Å²) in [7, 11) is 0. The highest BCUT2D eigenvalue weighted by Crippen LogP contribution is 2.59. The molecule has 282 valence electrons. The molecule has 1 heteroatoms. The predicted molar refractivity (Wildman–Crippen MR) is 252 cm³/mol. The summed E-state index contributed by atoms with van der Waals surface area (Å²) in [5.74, 6) is 0. The molecular formula is C59H41N. The monoisotopic (exact) mass is 767 g/mol. The largest absolute Gasteiger partial charge is 0.310 e. The van der Waals surface area contributed by atoms with Crippen LogP contribution in [0.4, 0.5) is 17.1 Å². The SMILES string of the molecule is [2H]c1c([2H])c(-c2ccc3ccccc3c2)c([2H])c(N(c2ccc(-c3ccc(-c4ccccc4)cc3)cc2)c2cccc3c2-c2ccccc2C3(c2ccccc2)c2ccccc2)c1[2H]. The maximum atomic E-state index is 10.1. The Kier molecular flexibility index (Phi) is 7.76. The Labute approximate surface area is 357 Å². The van der Waals surface area contributed by atoms with Crippen LogP contribution in [0.25, 0.3) is 55.3 Å². The zero-order valence-electron chi connectivity index (χ0n) is 36.8. The molecule has 10 aromatic rings. The molecule has 0 amide bonds. The highest BCUT2D eigenvalue weighted by molar-refractivity contribution is 5.98. The van der Waals surface area contributed by atoms with Gasteiger partial charge in [0.15, 0.2) is 0 Å². The highest BCUT2D eigenvalue weighted by atomic mass is 15.1. The van der Waals surface area contributed by atoms with Crippen LogP contribution in [0.2, 0.25) is 0 Å². The fraction of sp³-hybridized carbons (Fsp3) is 0.0169. The van der Waals surface area contributed by atoms with Gasteiger partial charge in [0.2, 0.25) is 0 Å². The first kappa shape index (κ1) is 31.3. The Bertz CT molecular complexity index is 3310. The van der Waals surface area contributed by atoms with E-state index >= 15 is 0 Å². The van der Waals surface area contributed by atoms with Crippen molar-refractivity contribution in [3.63, 3.8) is 0 Å². The summed E-state index contributed by atoms with van der Waals surface area (Å²) in [4.78, 5) is 2.00. The minimum Gasteiger partial charge on any atom is -0.310 e. The van der Waals surface area contributed by atoms with Crippen LogP contribution in [0.1, 0.15) is 27.7 Å². The average molecular weight is 768 g/mol. The van der Waals surface area contributed by atoms with Crippen molar-refractivity contribution in [1.82, 2.24) is 0 Å². The second-order valence-corrected chi connectivity index (χ2v) is 15.3. The topological polar surface area (TPSA) is 3.24 Å². The Morgan fingerprint density at radius 2 is 0.900 bits per heavy atom. The van der Waals surface area contributed by atoms with Crippen LogP contribution in [0, 0.1) is 0 Å². The molecule has 0 saturated heterocycles. The normalized spacial score (nSPS) is 13.4. The number of anilines is 3. The fourth-order valence-electron chi connectivity index (χ4n) is 9.27. The van der Waals surface area contributed by atoms with Crippen LogP contribution in [0.5, 0.6) is 0 Å². The van der Waals surface area contributed by atoms with Gasteiger partial charge in [0.25, 0.3) is 0 Å². The Morgan fingerprint density at radius 1 is 0.367 bits per heavy atom. The molecule has 0 fully saturated rings. The molecule has 1 aliphatic carbocycles. The van der Waals surface area contributed by atoms with Crippen LogP contribution >= 0.6 is 0 Å². The fourth-order valence-corrected chi connectivity index (χ4v) is 9.27. The Hall–Kier alpha value is -7.74. The molecule has 0 spiro atoms. The second kappa shape index (κ2) is 14.9.